The lowest BCUT2D eigenvalue weighted by molar-refractivity contribution is 0.0987. The number of aryl methyl sites for hydroxylation is 1. The van der Waals surface area contributed by atoms with Gasteiger partial charge in [0.1, 0.15) is 0 Å². The molecule has 2 aromatic heterocycles. The van der Waals surface area contributed by atoms with Crippen LogP contribution in [-0.4, -0.2) is 38.1 Å². The molecule has 2 aromatic rings. The van der Waals surface area contributed by atoms with Crippen molar-refractivity contribution in [2.45, 2.75) is 6.42 Å². The number of ketones is 1. The van der Waals surface area contributed by atoms with Crippen LogP contribution in [0.1, 0.15) is 16.2 Å². The van der Waals surface area contributed by atoms with E-state index in [2.05, 4.69) is 20.4 Å². The van der Waals surface area contributed by atoms with Gasteiger partial charge in [0, 0.05) is 6.20 Å². The molecule has 0 atom stereocenters. The monoisotopic (exact) mass is 233 g/mol. The van der Waals surface area contributed by atoms with Gasteiger partial charge >= 0.3 is 0 Å². The van der Waals surface area contributed by atoms with Gasteiger partial charge in [0.05, 0.1) is 26.1 Å². The zero-order chi connectivity index (χ0) is 12.3. The zero-order valence-corrected chi connectivity index (χ0v) is 9.49. The molecule has 0 saturated heterocycles. The van der Waals surface area contributed by atoms with Gasteiger partial charge in [0.25, 0.3) is 0 Å². The highest BCUT2D eigenvalue weighted by molar-refractivity contribution is 5.99. The summed E-state index contributed by atoms with van der Waals surface area (Å²) in [5.41, 5.74) is 0.419. The molecule has 0 radical (unpaired) electrons. The van der Waals surface area contributed by atoms with Crippen molar-refractivity contribution in [3.8, 4) is 5.88 Å². The third-order valence-electron chi connectivity index (χ3n) is 2.13. The Morgan fingerprint density at radius 3 is 3.00 bits per heavy atom. The van der Waals surface area contributed by atoms with Crippen molar-refractivity contribution in [3.63, 3.8) is 0 Å². The quantitative estimate of drug-likeness (QED) is 0.693. The van der Waals surface area contributed by atoms with Crippen molar-refractivity contribution in [1.29, 1.82) is 0 Å². The SMILES string of the molecule is COc1ncccc1C(=O)Cc1nnn(C)n1. The predicted molar refractivity (Wildman–Crippen MR) is 57.6 cm³/mol. The van der Waals surface area contributed by atoms with Crippen molar-refractivity contribution in [2.75, 3.05) is 7.11 Å². The highest BCUT2D eigenvalue weighted by Gasteiger charge is 2.15. The smallest absolute Gasteiger partial charge is 0.224 e. The number of hydrogen-bond donors (Lipinski definition) is 0. The Kier molecular flexibility index (Phi) is 3.08. The van der Waals surface area contributed by atoms with Crippen LogP contribution in [-0.2, 0) is 13.5 Å². The van der Waals surface area contributed by atoms with E-state index in [1.165, 1.54) is 11.9 Å². The van der Waals surface area contributed by atoms with Gasteiger partial charge in [-0.2, -0.15) is 4.80 Å². The van der Waals surface area contributed by atoms with Gasteiger partial charge in [0.15, 0.2) is 11.6 Å². The minimum Gasteiger partial charge on any atom is -0.480 e. The molecule has 0 unspecified atom stereocenters. The molecule has 0 N–H and O–H groups in total. The topological polar surface area (TPSA) is 82.8 Å². The van der Waals surface area contributed by atoms with Crippen LogP contribution in [0.15, 0.2) is 18.3 Å². The molecule has 0 fully saturated rings. The first-order valence-corrected chi connectivity index (χ1v) is 4.96. The van der Waals surface area contributed by atoms with Crippen LogP contribution in [0.4, 0.5) is 0 Å². The van der Waals surface area contributed by atoms with E-state index in [1.54, 1.807) is 25.4 Å². The second kappa shape index (κ2) is 4.69. The third-order valence-corrected chi connectivity index (χ3v) is 2.13. The van der Waals surface area contributed by atoms with E-state index in [1.807, 2.05) is 0 Å². The van der Waals surface area contributed by atoms with E-state index in [-0.39, 0.29) is 12.2 Å². The molecule has 7 nitrogen and oxygen atoms in total. The first-order valence-electron chi connectivity index (χ1n) is 4.96. The lowest BCUT2D eigenvalue weighted by atomic mass is 10.1. The maximum absolute atomic E-state index is 12.0. The van der Waals surface area contributed by atoms with E-state index in [0.717, 1.165) is 0 Å². The fraction of sp³-hybridized carbons (Fsp3) is 0.300. The van der Waals surface area contributed by atoms with E-state index in [9.17, 15) is 4.79 Å². The normalized spacial score (nSPS) is 10.2. The van der Waals surface area contributed by atoms with Gasteiger partial charge < -0.3 is 4.74 Å². The van der Waals surface area contributed by atoms with Crippen molar-refractivity contribution in [1.82, 2.24) is 25.2 Å². The maximum Gasteiger partial charge on any atom is 0.224 e. The number of carbonyl (C=O) groups is 1. The van der Waals surface area contributed by atoms with Crippen LogP contribution in [0.25, 0.3) is 0 Å². The standard InChI is InChI=1S/C10H11N5O2/c1-15-13-9(12-14-15)6-8(16)7-4-3-5-11-10(7)17-2/h3-5H,6H2,1-2H3. The molecule has 88 valence electrons. The molecule has 2 rings (SSSR count). The van der Waals surface area contributed by atoms with E-state index in [0.29, 0.717) is 17.3 Å². The summed E-state index contributed by atoms with van der Waals surface area (Å²) in [5, 5.41) is 11.4. The van der Waals surface area contributed by atoms with E-state index >= 15 is 0 Å². The fourth-order valence-corrected chi connectivity index (χ4v) is 1.40. The molecule has 2 heterocycles. The number of pyridine rings is 1. The zero-order valence-electron chi connectivity index (χ0n) is 9.49. The largest absolute Gasteiger partial charge is 0.480 e. The molecular formula is C10H11N5O2. The van der Waals surface area contributed by atoms with Crippen LogP contribution in [0, 0.1) is 0 Å². The number of methoxy groups -OCH3 is 1. The lowest BCUT2D eigenvalue weighted by Gasteiger charge is -2.03. The number of ether oxygens (including phenoxy) is 1. The van der Waals surface area contributed by atoms with Gasteiger partial charge in [-0.3, -0.25) is 4.79 Å². The molecule has 0 aliphatic carbocycles. The second-order valence-corrected chi connectivity index (χ2v) is 3.36. The first kappa shape index (κ1) is 11.2. The molecule has 17 heavy (non-hydrogen) atoms. The summed E-state index contributed by atoms with van der Waals surface area (Å²) in [5.74, 6) is 0.535. The summed E-state index contributed by atoms with van der Waals surface area (Å²) in [6, 6.07) is 3.34. The maximum atomic E-state index is 12.0. The molecular weight excluding hydrogens is 222 g/mol. The highest BCUT2D eigenvalue weighted by Crippen LogP contribution is 2.15. The Labute approximate surface area is 97.4 Å². The molecule has 0 aliphatic heterocycles. The van der Waals surface area contributed by atoms with Crippen molar-refractivity contribution in [2.24, 2.45) is 7.05 Å². The summed E-state index contributed by atoms with van der Waals surface area (Å²) in [7, 11) is 3.12. The predicted octanol–water partition coefficient (Wildman–Crippen LogP) is 0.0391. The van der Waals surface area contributed by atoms with Crippen molar-refractivity contribution < 1.29 is 9.53 Å². The van der Waals surface area contributed by atoms with E-state index in [4.69, 9.17) is 4.74 Å². The molecule has 0 aromatic carbocycles. The lowest BCUT2D eigenvalue weighted by Crippen LogP contribution is -2.08. The van der Waals surface area contributed by atoms with Crippen LogP contribution in [0.5, 0.6) is 5.88 Å². The third kappa shape index (κ3) is 2.44. The molecule has 0 amide bonds. The molecule has 7 heteroatoms. The Morgan fingerprint density at radius 1 is 1.53 bits per heavy atom. The molecule has 0 aliphatic rings. The molecule has 0 spiro atoms. The highest BCUT2D eigenvalue weighted by atomic mass is 16.5. The van der Waals surface area contributed by atoms with E-state index < -0.39 is 0 Å². The van der Waals surface area contributed by atoms with Gasteiger partial charge in [-0.05, 0) is 17.3 Å². The number of carbonyl (C=O) groups excluding carboxylic acids is 1. The minimum atomic E-state index is -0.150. The number of tetrazole rings is 1. The van der Waals surface area contributed by atoms with Crippen molar-refractivity contribution >= 4 is 5.78 Å². The number of aromatic nitrogens is 5. The Morgan fingerprint density at radius 2 is 2.35 bits per heavy atom. The van der Waals surface area contributed by atoms with Crippen LogP contribution in [0.2, 0.25) is 0 Å². The number of rotatable bonds is 4. The molecule has 0 bridgehead atoms. The summed E-state index contributed by atoms with van der Waals surface area (Å²) in [6.45, 7) is 0. The first-order chi connectivity index (χ1) is 8.20. The summed E-state index contributed by atoms with van der Waals surface area (Å²) in [6.07, 6.45) is 1.64. The van der Waals surface area contributed by atoms with Crippen LogP contribution in [0.3, 0.4) is 0 Å². The Bertz CT molecular complexity index is 537. The minimum absolute atomic E-state index is 0.0793. The van der Waals surface area contributed by atoms with Gasteiger partial charge in [0.2, 0.25) is 5.88 Å². The van der Waals surface area contributed by atoms with Crippen LogP contribution < -0.4 is 4.74 Å². The average molecular weight is 233 g/mol. The van der Waals surface area contributed by atoms with Gasteiger partial charge in [-0.25, -0.2) is 4.98 Å². The van der Waals surface area contributed by atoms with Crippen molar-refractivity contribution in [3.05, 3.63) is 29.7 Å². The number of nitrogens with zero attached hydrogens (tertiary/aromatic N) is 5. The Balaban J connectivity index is 2.20. The number of hydrogen-bond acceptors (Lipinski definition) is 6. The van der Waals surface area contributed by atoms with Crippen LogP contribution >= 0.6 is 0 Å². The Hall–Kier alpha value is -2.31. The van der Waals surface area contributed by atoms with Gasteiger partial charge in [-0.1, -0.05) is 0 Å². The summed E-state index contributed by atoms with van der Waals surface area (Å²) in [4.78, 5) is 17.2. The summed E-state index contributed by atoms with van der Waals surface area (Å²) >= 11 is 0. The fourth-order valence-electron chi connectivity index (χ4n) is 1.40. The average Bonchev–Trinajstić information content (AvgIpc) is 2.74. The summed E-state index contributed by atoms with van der Waals surface area (Å²) < 4.78 is 5.02. The second-order valence-electron chi connectivity index (χ2n) is 3.36. The number of Topliss-reactive ketones (excluding diaryl/α,β-unsaturated/α-hetero) is 1. The van der Waals surface area contributed by atoms with Gasteiger partial charge in [-0.15, -0.1) is 10.2 Å². The molecule has 0 saturated carbocycles.